The van der Waals surface area contributed by atoms with E-state index in [0.29, 0.717) is 42.4 Å². The molecule has 1 aliphatic rings. The van der Waals surface area contributed by atoms with Gasteiger partial charge >= 0.3 is 0 Å². The molecule has 0 radical (unpaired) electrons. The number of benzene rings is 2. The zero-order chi connectivity index (χ0) is 16.2. The lowest BCUT2D eigenvalue weighted by Crippen LogP contribution is -2.30. The van der Waals surface area contributed by atoms with Crippen LogP contribution in [0.5, 0.6) is 5.75 Å². The molecule has 2 aromatic carbocycles. The van der Waals surface area contributed by atoms with E-state index in [1.165, 1.54) is 4.90 Å². The van der Waals surface area contributed by atoms with Gasteiger partial charge in [-0.05, 0) is 31.2 Å². The minimum Gasteiger partial charge on any atom is -0.489 e. The normalized spacial score (nSPS) is 13.3. The lowest BCUT2D eigenvalue weighted by atomic mass is 10.1. The van der Waals surface area contributed by atoms with Gasteiger partial charge in [0.05, 0.1) is 23.4 Å². The van der Waals surface area contributed by atoms with E-state index in [1.54, 1.807) is 48.5 Å². The predicted octanol–water partition coefficient (Wildman–Crippen LogP) is 2.90. The van der Waals surface area contributed by atoms with Crippen LogP contribution in [0, 0.1) is 0 Å². The molecule has 0 bridgehead atoms. The van der Waals surface area contributed by atoms with E-state index in [4.69, 9.17) is 9.47 Å². The van der Waals surface area contributed by atoms with E-state index in [-0.39, 0.29) is 11.8 Å². The van der Waals surface area contributed by atoms with Crippen LogP contribution in [0.25, 0.3) is 0 Å². The molecule has 0 spiro atoms. The van der Waals surface area contributed by atoms with Gasteiger partial charge in [0.1, 0.15) is 12.4 Å². The molecule has 1 heterocycles. The number of nitrogens with zero attached hydrogens (tertiary/aromatic N) is 1. The molecular weight excluding hydrogens is 294 g/mol. The first-order valence-corrected chi connectivity index (χ1v) is 7.51. The lowest BCUT2D eigenvalue weighted by Gasteiger charge is -2.18. The standard InChI is InChI=1S/C18H17NO4/c1-2-22-11-12-23-16-10-6-5-9-15(16)19-17(20)13-7-3-4-8-14(13)18(19)21/h3-10H,2,11-12H2,1H3. The minimum absolute atomic E-state index is 0.327. The fraction of sp³-hybridized carbons (Fsp3) is 0.222. The summed E-state index contributed by atoms with van der Waals surface area (Å²) in [5.41, 5.74) is 1.29. The average molecular weight is 311 g/mol. The van der Waals surface area contributed by atoms with Crippen LogP contribution in [0.15, 0.2) is 48.5 Å². The second kappa shape index (κ2) is 6.62. The van der Waals surface area contributed by atoms with Gasteiger partial charge in [-0.3, -0.25) is 9.59 Å². The Bertz CT molecular complexity index is 706. The van der Waals surface area contributed by atoms with E-state index in [1.807, 2.05) is 6.92 Å². The van der Waals surface area contributed by atoms with Crippen molar-refractivity contribution in [2.75, 3.05) is 24.7 Å². The number of para-hydroxylation sites is 2. The molecule has 0 fully saturated rings. The van der Waals surface area contributed by atoms with Gasteiger partial charge in [-0.2, -0.15) is 0 Å². The SMILES string of the molecule is CCOCCOc1ccccc1N1C(=O)c2ccccc2C1=O. The number of hydrogen-bond donors (Lipinski definition) is 0. The smallest absolute Gasteiger partial charge is 0.266 e. The summed E-state index contributed by atoms with van der Waals surface area (Å²) in [5, 5.41) is 0. The summed E-state index contributed by atoms with van der Waals surface area (Å²) in [5.74, 6) is -0.167. The zero-order valence-electron chi connectivity index (χ0n) is 12.8. The fourth-order valence-electron chi connectivity index (χ4n) is 2.53. The Kier molecular flexibility index (Phi) is 4.39. The van der Waals surface area contributed by atoms with Gasteiger partial charge in [0.15, 0.2) is 0 Å². The monoisotopic (exact) mass is 311 g/mol. The molecule has 23 heavy (non-hydrogen) atoms. The molecule has 0 saturated heterocycles. The third-order valence-electron chi connectivity index (χ3n) is 3.59. The van der Waals surface area contributed by atoms with Crippen molar-refractivity contribution in [2.24, 2.45) is 0 Å². The molecule has 0 saturated carbocycles. The first kappa shape index (κ1) is 15.2. The number of rotatable bonds is 6. The quantitative estimate of drug-likeness (QED) is 0.608. The molecule has 5 nitrogen and oxygen atoms in total. The van der Waals surface area contributed by atoms with Crippen molar-refractivity contribution in [2.45, 2.75) is 6.92 Å². The number of carbonyl (C=O) groups excluding carboxylic acids is 2. The Hall–Kier alpha value is -2.66. The van der Waals surface area contributed by atoms with Gasteiger partial charge in [0, 0.05) is 6.61 Å². The molecule has 0 aliphatic carbocycles. The average Bonchev–Trinajstić information content (AvgIpc) is 2.84. The number of imide groups is 1. The van der Waals surface area contributed by atoms with Crippen molar-refractivity contribution in [3.63, 3.8) is 0 Å². The Balaban J connectivity index is 1.88. The Labute approximate surface area is 134 Å². The summed E-state index contributed by atoms with van der Waals surface area (Å²) in [4.78, 5) is 26.3. The van der Waals surface area contributed by atoms with Crippen LogP contribution in [-0.4, -0.2) is 31.6 Å². The molecule has 2 amide bonds. The maximum Gasteiger partial charge on any atom is 0.266 e. The van der Waals surface area contributed by atoms with Crippen LogP contribution in [0.2, 0.25) is 0 Å². The van der Waals surface area contributed by atoms with Crippen LogP contribution in [0.4, 0.5) is 5.69 Å². The van der Waals surface area contributed by atoms with Crippen LogP contribution < -0.4 is 9.64 Å². The summed E-state index contributed by atoms with van der Waals surface area (Å²) < 4.78 is 10.9. The van der Waals surface area contributed by atoms with Crippen LogP contribution in [0.1, 0.15) is 27.6 Å². The van der Waals surface area contributed by atoms with Crippen molar-refractivity contribution < 1.29 is 19.1 Å². The molecule has 2 aromatic rings. The molecule has 1 aliphatic heterocycles. The highest BCUT2D eigenvalue weighted by atomic mass is 16.5. The van der Waals surface area contributed by atoms with Gasteiger partial charge in [-0.15, -0.1) is 0 Å². The largest absolute Gasteiger partial charge is 0.489 e. The molecule has 0 atom stereocenters. The number of ether oxygens (including phenoxy) is 2. The topological polar surface area (TPSA) is 55.8 Å². The molecule has 3 rings (SSSR count). The van der Waals surface area contributed by atoms with Crippen molar-refractivity contribution in [3.05, 3.63) is 59.7 Å². The third kappa shape index (κ3) is 2.83. The number of hydrogen-bond acceptors (Lipinski definition) is 4. The fourth-order valence-corrected chi connectivity index (χ4v) is 2.53. The van der Waals surface area contributed by atoms with E-state index in [0.717, 1.165) is 0 Å². The van der Waals surface area contributed by atoms with E-state index in [9.17, 15) is 9.59 Å². The highest BCUT2D eigenvalue weighted by Crippen LogP contribution is 2.34. The van der Waals surface area contributed by atoms with Gasteiger partial charge in [-0.1, -0.05) is 24.3 Å². The van der Waals surface area contributed by atoms with Gasteiger partial charge in [-0.25, -0.2) is 4.90 Å². The zero-order valence-corrected chi connectivity index (χ0v) is 12.8. The third-order valence-corrected chi connectivity index (χ3v) is 3.59. The van der Waals surface area contributed by atoms with Crippen molar-refractivity contribution >= 4 is 17.5 Å². The Morgan fingerprint density at radius 1 is 0.870 bits per heavy atom. The maximum atomic E-state index is 12.6. The van der Waals surface area contributed by atoms with Crippen LogP contribution in [-0.2, 0) is 4.74 Å². The molecule has 118 valence electrons. The summed E-state index contributed by atoms with van der Waals surface area (Å²) >= 11 is 0. The van der Waals surface area contributed by atoms with Gasteiger partial charge in [0.25, 0.3) is 11.8 Å². The van der Waals surface area contributed by atoms with E-state index < -0.39 is 0 Å². The molecule has 5 heteroatoms. The Morgan fingerprint density at radius 2 is 1.48 bits per heavy atom. The summed E-state index contributed by atoms with van der Waals surface area (Å²) in [6.45, 7) is 3.33. The molecule has 0 unspecified atom stereocenters. The second-order valence-electron chi connectivity index (χ2n) is 5.00. The van der Waals surface area contributed by atoms with Crippen molar-refractivity contribution in [1.29, 1.82) is 0 Å². The van der Waals surface area contributed by atoms with Crippen LogP contribution >= 0.6 is 0 Å². The number of anilines is 1. The summed E-state index contributed by atoms with van der Waals surface area (Å²) in [7, 11) is 0. The Morgan fingerprint density at radius 3 is 2.13 bits per heavy atom. The number of fused-ring (bicyclic) bond motifs is 1. The summed E-state index contributed by atoms with van der Waals surface area (Å²) in [6.07, 6.45) is 0. The van der Waals surface area contributed by atoms with Crippen LogP contribution in [0.3, 0.4) is 0 Å². The molecule has 0 aromatic heterocycles. The van der Waals surface area contributed by atoms with E-state index >= 15 is 0 Å². The second-order valence-corrected chi connectivity index (χ2v) is 5.00. The van der Waals surface area contributed by atoms with Crippen molar-refractivity contribution in [1.82, 2.24) is 0 Å². The first-order valence-electron chi connectivity index (χ1n) is 7.51. The van der Waals surface area contributed by atoms with Crippen molar-refractivity contribution in [3.8, 4) is 5.75 Å². The number of carbonyl (C=O) groups is 2. The lowest BCUT2D eigenvalue weighted by molar-refractivity contribution is 0.0922. The highest BCUT2D eigenvalue weighted by Gasteiger charge is 2.37. The predicted molar refractivity (Wildman–Crippen MR) is 86.0 cm³/mol. The molecule has 0 N–H and O–H groups in total. The minimum atomic E-state index is -0.327. The van der Waals surface area contributed by atoms with Gasteiger partial charge in [0.2, 0.25) is 0 Å². The van der Waals surface area contributed by atoms with E-state index in [2.05, 4.69) is 0 Å². The maximum absolute atomic E-state index is 12.6. The summed E-state index contributed by atoms with van der Waals surface area (Å²) in [6, 6.07) is 13.8. The molecular formula is C18H17NO4. The van der Waals surface area contributed by atoms with Gasteiger partial charge < -0.3 is 9.47 Å². The first-order chi connectivity index (χ1) is 11.2. The highest BCUT2D eigenvalue weighted by molar-refractivity contribution is 6.34. The number of amides is 2.